The predicted octanol–water partition coefficient (Wildman–Crippen LogP) is 1.28. The summed E-state index contributed by atoms with van der Waals surface area (Å²) in [6, 6.07) is 1.57. The minimum absolute atomic E-state index is 0.505. The van der Waals surface area contributed by atoms with Crippen molar-refractivity contribution in [1.82, 2.24) is 9.80 Å². The molecular formula is C14H27N3. The van der Waals surface area contributed by atoms with Gasteiger partial charge in [-0.25, -0.2) is 0 Å². The number of rotatable bonds is 3. The van der Waals surface area contributed by atoms with Crippen LogP contribution in [-0.4, -0.2) is 54.6 Å². The van der Waals surface area contributed by atoms with Gasteiger partial charge in [0.15, 0.2) is 0 Å². The molecular weight excluding hydrogens is 210 g/mol. The van der Waals surface area contributed by atoms with E-state index in [1.165, 1.54) is 58.3 Å². The van der Waals surface area contributed by atoms with Crippen LogP contribution in [0, 0.1) is 5.41 Å². The zero-order valence-corrected chi connectivity index (χ0v) is 11.2. The van der Waals surface area contributed by atoms with Crippen LogP contribution in [0.1, 0.15) is 39.0 Å². The predicted molar refractivity (Wildman–Crippen MR) is 71.0 cm³/mol. The van der Waals surface area contributed by atoms with Gasteiger partial charge in [0.1, 0.15) is 0 Å². The fourth-order valence-corrected chi connectivity index (χ4v) is 3.67. The summed E-state index contributed by atoms with van der Waals surface area (Å²) < 4.78 is 0. The van der Waals surface area contributed by atoms with E-state index in [2.05, 4.69) is 16.7 Å². The zero-order chi connectivity index (χ0) is 11.9. The number of fused-ring (bicyclic) bond motifs is 1. The summed E-state index contributed by atoms with van der Waals surface area (Å²) in [6.45, 7) is 8.47. The molecule has 2 aliphatic heterocycles. The third-order valence-corrected chi connectivity index (χ3v) is 5.25. The Morgan fingerprint density at radius 3 is 2.76 bits per heavy atom. The van der Waals surface area contributed by atoms with Crippen LogP contribution in [-0.2, 0) is 0 Å². The van der Waals surface area contributed by atoms with Crippen LogP contribution >= 0.6 is 0 Å². The van der Waals surface area contributed by atoms with Gasteiger partial charge in [0.2, 0.25) is 0 Å². The van der Waals surface area contributed by atoms with E-state index in [4.69, 9.17) is 5.73 Å². The Labute approximate surface area is 105 Å². The van der Waals surface area contributed by atoms with Crippen LogP contribution in [0.4, 0.5) is 0 Å². The van der Waals surface area contributed by atoms with Crippen LogP contribution in [0.2, 0.25) is 0 Å². The highest BCUT2D eigenvalue weighted by Crippen LogP contribution is 2.45. The number of piperidine rings is 1. The third kappa shape index (κ3) is 2.38. The van der Waals surface area contributed by atoms with E-state index in [0.717, 1.165) is 18.6 Å². The van der Waals surface area contributed by atoms with E-state index in [1.54, 1.807) is 0 Å². The monoisotopic (exact) mass is 237 g/mol. The van der Waals surface area contributed by atoms with Gasteiger partial charge >= 0.3 is 0 Å². The van der Waals surface area contributed by atoms with E-state index in [-0.39, 0.29) is 0 Å². The quantitative estimate of drug-likeness (QED) is 0.803. The van der Waals surface area contributed by atoms with E-state index in [1.807, 2.05) is 0 Å². The second-order valence-electron chi connectivity index (χ2n) is 6.63. The van der Waals surface area contributed by atoms with E-state index >= 15 is 0 Å². The first kappa shape index (κ1) is 11.9. The lowest BCUT2D eigenvalue weighted by atomic mass is 9.95. The Morgan fingerprint density at radius 1 is 1.24 bits per heavy atom. The average molecular weight is 237 g/mol. The molecule has 3 aliphatic rings. The lowest BCUT2D eigenvalue weighted by Gasteiger charge is -2.48. The topological polar surface area (TPSA) is 32.5 Å². The normalized spacial score (nSPS) is 37.8. The molecule has 0 aromatic carbocycles. The largest absolute Gasteiger partial charge is 0.330 e. The molecule has 0 spiro atoms. The summed E-state index contributed by atoms with van der Waals surface area (Å²) >= 11 is 0. The molecule has 98 valence electrons. The van der Waals surface area contributed by atoms with Crippen molar-refractivity contribution in [1.29, 1.82) is 0 Å². The molecule has 2 N–H and O–H groups in total. The van der Waals surface area contributed by atoms with Crippen molar-refractivity contribution in [3.63, 3.8) is 0 Å². The fourth-order valence-electron chi connectivity index (χ4n) is 3.67. The molecule has 0 aromatic rings. The minimum Gasteiger partial charge on any atom is -0.330 e. The Balaban J connectivity index is 1.61. The van der Waals surface area contributed by atoms with Crippen LogP contribution in [0.3, 0.4) is 0 Å². The smallest absolute Gasteiger partial charge is 0.0223 e. The number of hydrogen-bond acceptors (Lipinski definition) is 3. The summed E-state index contributed by atoms with van der Waals surface area (Å²) in [7, 11) is 0. The van der Waals surface area contributed by atoms with Crippen molar-refractivity contribution >= 4 is 0 Å². The average Bonchev–Trinajstić information content (AvgIpc) is 3.11. The van der Waals surface area contributed by atoms with Gasteiger partial charge in [-0.15, -0.1) is 0 Å². The first-order valence-electron chi connectivity index (χ1n) is 7.41. The van der Waals surface area contributed by atoms with Crippen molar-refractivity contribution < 1.29 is 0 Å². The lowest BCUT2D eigenvalue weighted by molar-refractivity contribution is 0.00598. The highest BCUT2D eigenvalue weighted by Gasteiger charge is 2.45. The van der Waals surface area contributed by atoms with E-state index < -0.39 is 0 Å². The number of nitrogens with zero attached hydrogens (tertiary/aromatic N) is 2. The lowest BCUT2D eigenvalue weighted by Crippen LogP contribution is -2.59. The van der Waals surface area contributed by atoms with Gasteiger partial charge in [0, 0.05) is 31.7 Å². The molecule has 2 unspecified atom stereocenters. The van der Waals surface area contributed by atoms with Gasteiger partial charge in [-0.2, -0.15) is 0 Å². The number of piperazine rings is 1. The fraction of sp³-hybridized carbons (Fsp3) is 1.00. The summed E-state index contributed by atoms with van der Waals surface area (Å²) in [4.78, 5) is 5.46. The maximum atomic E-state index is 5.93. The minimum atomic E-state index is 0.505. The second kappa shape index (κ2) is 4.52. The molecule has 2 saturated heterocycles. The van der Waals surface area contributed by atoms with E-state index in [9.17, 15) is 0 Å². The molecule has 1 saturated carbocycles. The van der Waals surface area contributed by atoms with Gasteiger partial charge in [-0.1, -0.05) is 6.42 Å². The van der Waals surface area contributed by atoms with Crippen LogP contribution < -0.4 is 5.73 Å². The first-order valence-corrected chi connectivity index (χ1v) is 7.41. The summed E-state index contributed by atoms with van der Waals surface area (Å²) in [5.41, 5.74) is 6.43. The molecule has 3 heteroatoms. The number of nitrogens with two attached hydrogens (primary N) is 1. The van der Waals surface area contributed by atoms with Gasteiger partial charge in [-0.3, -0.25) is 9.80 Å². The standard InChI is InChI=1S/C14H27N3/c1-12-8-16-7-3-2-4-13(16)9-17(12)11-14(10-15)5-6-14/h12-13H,2-11,15H2,1H3. The highest BCUT2D eigenvalue weighted by molar-refractivity contribution is 4.99. The molecule has 0 aromatic heterocycles. The van der Waals surface area contributed by atoms with Gasteiger partial charge < -0.3 is 5.73 Å². The summed E-state index contributed by atoms with van der Waals surface area (Å²) in [5, 5.41) is 0. The second-order valence-corrected chi connectivity index (χ2v) is 6.63. The highest BCUT2D eigenvalue weighted by atomic mass is 15.3. The van der Waals surface area contributed by atoms with Crippen molar-refractivity contribution in [3.05, 3.63) is 0 Å². The Kier molecular flexibility index (Phi) is 3.18. The van der Waals surface area contributed by atoms with E-state index in [0.29, 0.717) is 5.41 Å². The zero-order valence-electron chi connectivity index (χ0n) is 11.2. The number of hydrogen-bond donors (Lipinski definition) is 1. The van der Waals surface area contributed by atoms with Crippen LogP contribution in [0.5, 0.6) is 0 Å². The Bertz CT molecular complexity index is 275. The Morgan fingerprint density at radius 2 is 2.06 bits per heavy atom. The molecule has 3 fully saturated rings. The molecule has 3 nitrogen and oxygen atoms in total. The van der Waals surface area contributed by atoms with Crippen molar-refractivity contribution in [2.75, 3.05) is 32.7 Å². The maximum Gasteiger partial charge on any atom is 0.0223 e. The van der Waals surface area contributed by atoms with Crippen molar-refractivity contribution in [3.8, 4) is 0 Å². The third-order valence-electron chi connectivity index (χ3n) is 5.25. The summed E-state index contributed by atoms with van der Waals surface area (Å²) in [5.74, 6) is 0. The summed E-state index contributed by atoms with van der Waals surface area (Å²) in [6.07, 6.45) is 6.99. The molecule has 0 radical (unpaired) electrons. The first-order chi connectivity index (χ1) is 8.22. The van der Waals surface area contributed by atoms with Crippen LogP contribution in [0.15, 0.2) is 0 Å². The SMILES string of the molecule is CC1CN2CCCCC2CN1CC1(CN)CC1. The van der Waals surface area contributed by atoms with Gasteiger partial charge in [-0.05, 0) is 51.1 Å². The molecule has 1 aliphatic carbocycles. The molecule has 2 heterocycles. The van der Waals surface area contributed by atoms with Gasteiger partial charge in [0.25, 0.3) is 0 Å². The maximum absolute atomic E-state index is 5.93. The van der Waals surface area contributed by atoms with Crippen LogP contribution in [0.25, 0.3) is 0 Å². The molecule has 3 rings (SSSR count). The van der Waals surface area contributed by atoms with Crippen molar-refractivity contribution in [2.24, 2.45) is 11.1 Å². The molecule has 2 atom stereocenters. The molecule has 17 heavy (non-hydrogen) atoms. The molecule has 0 amide bonds. The van der Waals surface area contributed by atoms with Gasteiger partial charge in [0.05, 0.1) is 0 Å². The Hall–Kier alpha value is -0.120. The van der Waals surface area contributed by atoms with Crippen molar-refractivity contribution in [2.45, 2.75) is 51.1 Å². The molecule has 0 bridgehead atoms.